The van der Waals surface area contributed by atoms with Crippen molar-refractivity contribution in [3.63, 3.8) is 0 Å². The quantitative estimate of drug-likeness (QED) is 0.677. The highest BCUT2D eigenvalue weighted by molar-refractivity contribution is 7.98. The number of hydrogen-bond donors (Lipinski definition) is 1. The summed E-state index contributed by atoms with van der Waals surface area (Å²) in [5.41, 5.74) is 2.75. The van der Waals surface area contributed by atoms with Gasteiger partial charge in [0.1, 0.15) is 11.5 Å². The van der Waals surface area contributed by atoms with Crippen LogP contribution in [0.5, 0.6) is 11.5 Å². The van der Waals surface area contributed by atoms with Gasteiger partial charge in [0.25, 0.3) is 0 Å². The second-order valence-corrected chi connectivity index (χ2v) is 5.92. The summed E-state index contributed by atoms with van der Waals surface area (Å²) in [5, 5.41) is 3.16. The molecule has 0 amide bonds. The number of thioether (sulfide) groups is 1. The Morgan fingerprint density at radius 2 is 1.83 bits per heavy atom. The van der Waals surface area contributed by atoms with E-state index in [0.29, 0.717) is 28.4 Å². The number of allylic oxidation sites excluding steroid dienone is 1. The van der Waals surface area contributed by atoms with Gasteiger partial charge in [-0.15, -0.1) is 11.8 Å². The Hall–Kier alpha value is -2.40. The lowest BCUT2D eigenvalue weighted by Crippen LogP contribution is -2.01. The molecular weight excluding hydrogens is 310 g/mol. The molecule has 1 aliphatic heterocycles. The minimum Gasteiger partial charge on any atom is -0.497 e. The molecule has 0 saturated carbocycles. The van der Waals surface area contributed by atoms with E-state index in [1.165, 1.54) is 4.90 Å². The standard InChI is InChI=1S/C18H17NO3S/c1-21-12-9-14-17(16(10-12)22-2)18(20)15(19-14)8-11-4-6-13(23-3)7-5-11/h4-10,19H,1-3H3/b15-8-. The Bertz CT molecular complexity index is 782. The van der Waals surface area contributed by atoms with Crippen LogP contribution in [-0.4, -0.2) is 26.3 Å². The van der Waals surface area contributed by atoms with Gasteiger partial charge < -0.3 is 14.8 Å². The number of rotatable bonds is 4. The molecule has 0 aromatic heterocycles. The zero-order valence-corrected chi connectivity index (χ0v) is 14.0. The summed E-state index contributed by atoms with van der Waals surface area (Å²) < 4.78 is 10.6. The fourth-order valence-corrected chi connectivity index (χ4v) is 2.92. The normalized spacial score (nSPS) is 14.6. The lowest BCUT2D eigenvalue weighted by molar-refractivity contribution is 0.104. The summed E-state index contributed by atoms with van der Waals surface area (Å²) in [4.78, 5) is 13.8. The average molecular weight is 327 g/mol. The number of nitrogens with one attached hydrogen (secondary N) is 1. The van der Waals surface area contributed by atoms with Crippen molar-refractivity contribution in [3.8, 4) is 11.5 Å². The first-order valence-corrected chi connectivity index (χ1v) is 8.32. The average Bonchev–Trinajstić information content (AvgIpc) is 2.90. The van der Waals surface area contributed by atoms with Crippen LogP contribution in [0.4, 0.5) is 5.69 Å². The van der Waals surface area contributed by atoms with Gasteiger partial charge in [-0.1, -0.05) is 12.1 Å². The van der Waals surface area contributed by atoms with E-state index >= 15 is 0 Å². The topological polar surface area (TPSA) is 47.6 Å². The molecule has 3 rings (SSSR count). The van der Waals surface area contributed by atoms with Crippen LogP contribution < -0.4 is 14.8 Å². The molecule has 0 spiro atoms. The molecule has 0 saturated heterocycles. The third-order valence-electron chi connectivity index (χ3n) is 3.70. The number of hydrogen-bond acceptors (Lipinski definition) is 5. The molecule has 0 aliphatic carbocycles. The monoisotopic (exact) mass is 327 g/mol. The molecular formula is C18H17NO3S. The van der Waals surface area contributed by atoms with E-state index in [1.54, 1.807) is 38.1 Å². The van der Waals surface area contributed by atoms with Crippen LogP contribution in [0.2, 0.25) is 0 Å². The van der Waals surface area contributed by atoms with Crippen LogP contribution >= 0.6 is 11.8 Å². The number of benzene rings is 2. The molecule has 1 N–H and O–H groups in total. The number of Topliss-reactive ketones (excluding diaryl/α,β-unsaturated/α-hetero) is 1. The van der Waals surface area contributed by atoms with E-state index in [2.05, 4.69) is 5.32 Å². The van der Waals surface area contributed by atoms with Gasteiger partial charge in [0.2, 0.25) is 5.78 Å². The van der Waals surface area contributed by atoms with Crippen LogP contribution in [0, 0.1) is 0 Å². The maximum Gasteiger partial charge on any atom is 0.215 e. The number of carbonyl (C=O) groups is 1. The van der Waals surface area contributed by atoms with Gasteiger partial charge in [-0.05, 0) is 30.0 Å². The third kappa shape index (κ3) is 2.92. The van der Waals surface area contributed by atoms with Gasteiger partial charge >= 0.3 is 0 Å². The Morgan fingerprint density at radius 1 is 1.09 bits per heavy atom. The van der Waals surface area contributed by atoms with Crippen molar-refractivity contribution in [2.75, 3.05) is 25.8 Å². The molecule has 4 nitrogen and oxygen atoms in total. The molecule has 23 heavy (non-hydrogen) atoms. The summed E-state index contributed by atoms with van der Waals surface area (Å²) in [5.74, 6) is 1.08. The lowest BCUT2D eigenvalue weighted by Gasteiger charge is -2.08. The van der Waals surface area contributed by atoms with Crippen LogP contribution in [0.25, 0.3) is 6.08 Å². The molecule has 0 atom stereocenters. The minimum absolute atomic E-state index is 0.0755. The second-order valence-electron chi connectivity index (χ2n) is 5.04. The van der Waals surface area contributed by atoms with Crippen molar-refractivity contribution in [2.45, 2.75) is 4.90 Å². The summed E-state index contributed by atoms with van der Waals surface area (Å²) >= 11 is 1.69. The summed E-state index contributed by atoms with van der Waals surface area (Å²) in [6.45, 7) is 0. The number of methoxy groups -OCH3 is 2. The first-order valence-electron chi connectivity index (χ1n) is 7.09. The summed E-state index contributed by atoms with van der Waals surface area (Å²) in [6, 6.07) is 11.6. The molecule has 118 valence electrons. The number of ether oxygens (including phenoxy) is 2. The van der Waals surface area contributed by atoms with Gasteiger partial charge in [0, 0.05) is 17.0 Å². The number of fused-ring (bicyclic) bond motifs is 1. The van der Waals surface area contributed by atoms with Crippen molar-refractivity contribution >= 4 is 29.3 Å². The zero-order valence-electron chi connectivity index (χ0n) is 13.2. The molecule has 0 radical (unpaired) electrons. The van der Waals surface area contributed by atoms with E-state index in [1.807, 2.05) is 36.6 Å². The molecule has 2 aromatic carbocycles. The highest BCUT2D eigenvalue weighted by Crippen LogP contribution is 2.39. The van der Waals surface area contributed by atoms with E-state index in [0.717, 1.165) is 5.56 Å². The number of anilines is 1. The van der Waals surface area contributed by atoms with Gasteiger partial charge in [-0.25, -0.2) is 0 Å². The van der Waals surface area contributed by atoms with Gasteiger partial charge in [0.15, 0.2) is 0 Å². The Morgan fingerprint density at radius 3 is 2.43 bits per heavy atom. The molecule has 0 unspecified atom stereocenters. The highest BCUT2D eigenvalue weighted by atomic mass is 32.2. The maximum atomic E-state index is 12.6. The lowest BCUT2D eigenvalue weighted by atomic mass is 10.1. The van der Waals surface area contributed by atoms with Gasteiger partial charge in [-0.2, -0.15) is 0 Å². The molecule has 0 fully saturated rings. The molecule has 5 heteroatoms. The van der Waals surface area contributed by atoms with E-state index < -0.39 is 0 Å². The predicted molar refractivity (Wildman–Crippen MR) is 93.7 cm³/mol. The largest absolute Gasteiger partial charge is 0.497 e. The molecule has 1 aliphatic rings. The Balaban J connectivity index is 1.97. The maximum absolute atomic E-state index is 12.6. The van der Waals surface area contributed by atoms with Crippen molar-refractivity contribution in [1.29, 1.82) is 0 Å². The number of carbonyl (C=O) groups excluding carboxylic acids is 1. The number of ketones is 1. The van der Waals surface area contributed by atoms with Gasteiger partial charge in [-0.3, -0.25) is 4.79 Å². The van der Waals surface area contributed by atoms with Crippen LogP contribution in [-0.2, 0) is 0 Å². The van der Waals surface area contributed by atoms with E-state index in [9.17, 15) is 4.79 Å². The molecule has 1 heterocycles. The highest BCUT2D eigenvalue weighted by Gasteiger charge is 2.29. The molecule has 0 bridgehead atoms. The SMILES string of the molecule is COc1cc2c(c(OC)c1)C(=O)/C(=C/c1ccc(SC)cc1)N2. The van der Waals surface area contributed by atoms with Crippen molar-refractivity contribution in [3.05, 3.63) is 53.2 Å². The van der Waals surface area contributed by atoms with Crippen LogP contribution in [0.3, 0.4) is 0 Å². The first kappa shape index (κ1) is 15.5. The summed E-state index contributed by atoms with van der Waals surface area (Å²) in [7, 11) is 3.13. The second kappa shape index (κ2) is 6.38. The van der Waals surface area contributed by atoms with Crippen molar-refractivity contribution < 1.29 is 14.3 Å². The van der Waals surface area contributed by atoms with Crippen molar-refractivity contribution in [1.82, 2.24) is 0 Å². The van der Waals surface area contributed by atoms with E-state index in [-0.39, 0.29) is 5.78 Å². The van der Waals surface area contributed by atoms with Crippen molar-refractivity contribution in [2.24, 2.45) is 0 Å². The predicted octanol–water partition coefficient (Wildman–Crippen LogP) is 4.08. The molecule has 2 aromatic rings. The van der Waals surface area contributed by atoms with E-state index in [4.69, 9.17) is 9.47 Å². The van der Waals surface area contributed by atoms with Crippen LogP contribution in [0.15, 0.2) is 47.0 Å². The van der Waals surface area contributed by atoms with Gasteiger partial charge in [0.05, 0.1) is 31.2 Å². The zero-order chi connectivity index (χ0) is 16.4. The fourth-order valence-electron chi connectivity index (χ4n) is 2.51. The fraction of sp³-hybridized carbons (Fsp3) is 0.167. The van der Waals surface area contributed by atoms with Crippen LogP contribution in [0.1, 0.15) is 15.9 Å². The first-order chi connectivity index (χ1) is 11.2. The third-order valence-corrected chi connectivity index (χ3v) is 4.44. The minimum atomic E-state index is -0.0755. The summed E-state index contributed by atoms with van der Waals surface area (Å²) in [6.07, 6.45) is 3.88. The Labute approximate surface area is 139 Å². The Kier molecular flexibility index (Phi) is 4.30. The smallest absolute Gasteiger partial charge is 0.215 e.